The van der Waals surface area contributed by atoms with Crippen molar-refractivity contribution < 1.29 is 84.7 Å². The smallest absolute Gasteiger partial charge is 0.187 e. The molecule has 16 atom stereocenters. The molecule has 0 spiro atoms. The van der Waals surface area contributed by atoms with Crippen LogP contribution in [0.15, 0.2) is 0 Å². The van der Waals surface area contributed by atoms with Crippen LogP contribution in [-0.2, 0) is 28.5 Å². The molecule has 17 nitrogen and oxygen atoms in total. The number of hydrogen-bond donors (Lipinski definition) is 11. The highest BCUT2D eigenvalue weighted by Gasteiger charge is 2.54. The number of aliphatic hydroxyl groups is 11. The first-order valence-corrected chi connectivity index (χ1v) is 11.5. The summed E-state index contributed by atoms with van der Waals surface area (Å²) in [6.07, 6.45) is -29.0. The molecule has 0 radical (unpaired) electrons. The highest BCUT2D eigenvalue weighted by molar-refractivity contribution is 5.81. The summed E-state index contributed by atoms with van der Waals surface area (Å²) in [7, 11) is 0. The molecule has 3 aliphatic rings. The van der Waals surface area contributed by atoms with Crippen LogP contribution in [0.5, 0.6) is 0 Å². The van der Waals surface area contributed by atoms with Gasteiger partial charge in [0, 0.05) is 0 Å². The van der Waals surface area contributed by atoms with Crippen LogP contribution in [0.4, 0.5) is 0 Å². The molecule has 37 heavy (non-hydrogen) atoms. The van der Waals surface area contributed by atoms with Gasteiger partial charge in [0.15, 0.2) is 24.7 Å². The quantitative estimate of drug-likeness (QED) is 0.135. The number of aliphatic hydroxyl groups excluding tert-OH is 11. The second-order valence-corrected chi connectivity index (χ2v) is 9.14. The lowest BCUT2D eigenvalue weighted by Gasteiger charge is -2.47. The minimum absolute atomic E-state index is 0.794. The third-order valence-corrected chi connectivity index (χ3v) is 6.57. The molecule has 3 heterocycles. The summed E-state index contributed by atoms with van der Waals surface area (Å²) in [5.74, 6) is -0.851. The van der Waals surface area contributed by atoms with Crippen molar-refractivity contribution in [2.75, 3.05) is 13.2 Å². The number of ether oxygens (including phenoxy) is 5. The normalized spacial score (nSPS) is 50.0. The van der Waals surface area contributed by atoms with E-state index in [-0.39, 0.29) is 0 Å². The predicted molar refractivity (Wildman–Crippen MR) is 111 cm³/mol. The maximum absolute atomic E-state index is 12.4. The fourth-order valence-corrected chi connectivity index (χ4v) is 4.36. The fraction of sp³-hybridized carbons (Fsp3) is 0.950. The van der Waals surface area contributed by atoms with Gasteiger partial charge in [0.1, 0.15) is 79.4 Å². The molecule has 216 valence electrons. The number of Topliss-reactive ketones (excluding diaryl/α,β-unsaturated/α-hetero) is 1. The van der Waals surface area contributed by atoms with E-state index in [2.05, 4.69) is 0 Å². The van der Waals surface area contributed by atoms with Crippen molar-refractivity contribution in [3.63, 3.8) is 0 Å². The van der Waals surface area contributed by atoms with Gasteiger partial charge in [0.25, 0.3) is 0 Å². The van der Waals surface area contributed by atoms with Crippen molar-refractivity contribution in [1.29, 1.82) is 0 Å². The third-order valence-electron chi connectivity index (χ3n) is 6.57. The van der Waals surface area contributed by atoms with Crippen LogP contribution in [0, 0.1) is 0 Å². The lowest BCUT2D eigenvalue weighted by Crippen LogP contribution is -2.67. The molecule has 0 aliphatic carbocycles. The average Bonchev–Trinajstić information content (AvgIpc) is 2.87. The number of rotatable bonds is 8. The Balaban J connectivity index is 1.81. The van der Waals surface area contributed by atoms with Crippen LogP contribution in [-0.4, -0.2) is 173 Å². The molecule has 3 saturated heterocycles. The summed E-state index contributed by atoms with van der Waals surface area (Å²) in [5.41, 5.74) is 0. The third kappa shape index (κ3) is 6.12. The fourth-order valence-electron chi connectivity index (χ4n) is 4.36. The van der Waals surface area contributed by atoms with Gasteiger partial charge in [-0.2, -0.15) is 0 Å². The van der Waals surface area contributed by atoms with E-state index in [0.29, 0.717) is 0 Å². The zero-order valence-corrected chi connectivity index (χ0v) is 19.5. The summed E-state index contributed by atoms with van der Waals surface area (Å²) < 4.78 is 26.5. The van der Waals surface area contributed by atoms with E-state index in [9.17, 15) is 61.0 Å². The van der Waals surface area contributed by atoms with Gasteiger partial charge in [0.05, 0.1) is 13.2 Å². The topological polar surface area (TPSA) is 286 Å². The van der Waals surface area contributed by atoms with E-state index in [0.717, 1.165) is 6.92 Å². The van der Waals surface area contributed by atoms with E-state index in [1.54, 1.807) is 0 Å². The van der Waals surface area contributed by atoms with E-state index in [1.807, 2.05) is 0 Å². The molecule has 3 rings (SSSR count). The summed E-state index contributed by atoms with van der Waals surface area (Å²) in [4.78, 5) is 12.4. The van der Waals surface area contributed by atoms with E-state index < -0.39 is 117 Å². The Bertz CT molecular complexity index is 752. The van der Waals surface area contributed by atoms with Crippen molar-refractivity contribution in [2.45, 2.75) is 105 Å². The van der Waals surface area contributed by atoms with Crippen LogP contribution >= 0.6 is 0 Å². The van der Waals surface area contributed by atoms with Gasteiger partial charge in [-0.1, -0.05) is 0 Å². The van der Waals surface area contributed by atoms with Gasteiger partial charge in [-0.15, -0.1) is 0 Å². The van der Waals surface area contributed by atoms with Gasteiger partial charge >= 0.3 is 0 Å². The number of ketones is 1. The van der Waals surface area contributed by atoms with Crippen LogP contribution in [0.3, 0.4) is 0 Å². The van der Waals surface area contributed by atoms with Crippen molar-refractivity contribution in [2.24, 2.45) is 0 Å². The number of hydrogen-bond acceptors (Lipinski definition) is 17. The number of carbonyl (C=O) groups is 1. The molecule has 0 amide bonds. The summed E-state index contributed by atoms with van der Waals surface area (Å²) in [6.45, 7) is -0.632. The monoisotopic (exact) mass is 546 g/mol. The summed E-state index contributed by atoms with van der Waals surface area (Å²) in [5, 5.41) is 110. The molecule has 0 aromatic heterocycles. The van der Waals surface area contributed by atoms with Crippen LogP contribution in [0.1, 0.15) is 6.92 Å². The molecular formula is C20H34O17. The second kappa shape index (κ2) is 12.5. The molecule has 3 aliphatic heterocycles. The number of carbonyl (C=O) groups excluding carboxylic acids is 1. The van der Waals surface area contributed by atoms with Gasteiger partial charge < -0.3 is 79.9 Å². The second-order valence-electron chi connectivity index (χ2n) is 9.14. The standard InChI is InChI=1S/C20H34O17/c1-4(23)15(35-19-13(30)8(25)7(24)5(2-21)34-19)17-10(27)9(26)14(31)20(37-17)36-16-6(3-22)33-18(32)12(29)11(16)28/h5-22,24-32H,2-3H2,1H3/t5-,6-,7-,8+,9+,10-,11-,12-,13-,14-,15?,16-,17+,18+,19?,20-/m1/s1. The molecule has 3 fully saturated rings. The Hall–Kier alpha value is -0.970. The Morgan fingerprint density at radius 1 is 0.676 bits per heavy atom. The molecule has 0 aromatic carbocycles. The first-order valence-electron chi connectivity index (χ1n) is 11.5. The maximum Gasteiger partial charge on any atom is 0.187 e. The highest BCUT2D eigenvalue weighted by Crippen LogP contribution is 2.32. The molecule has 11 N–H and O–H groups in total. The Kier molecular flexibility index (Phi) is 10.3. The minimum atomic E-state index is -2.03. The zero-order chi connectivity index (χ0) is 27.8. The van der Waals surface area contributed by atoms with Gasteiger partial charge in [-0.25, -0.2) is 0 Å². The lowest BCUT2D eigenvalue weighted by molar-refractivity contribution is -0.367. The maximum atomic E-state index is 12.4. The van der Waals surface area contributed by atoms with Gasteiger partial charge in [-0.3, -0.25) is 4.79 Å². The average molecular weight is 546 g/mol. The zero-order valence-electron chi connectivity index (χ0n) is 19.5. The summed E-state index contributed by atoms with van der Waals surface area (Å²) in [6, 6.07) is 0. The van der Waals surface area contributed by atoms with Crippen molar-refractivity contribution in [1.82, 2.24) is 0 Å². The highest BCUT2D eigenvalue weighted by atomic mass is 16.7. The first-order chi connectivity index (χ1) is 17.3. The van der Waals surface area contributed by atoms with Crippen molar-refractivity contribution >= 4 is 5.78 Å². The SMILES string of the molecule is CC(=O)C(OC1O[C@H](CO)[C@@H](O)[C@H](O)[C@H]1O)[C@H]1O[C@@H](O[C@H]2[C@H](O)[C@@H](O)[C@@H](O)O[C@@H]2CO)[C@H](O)[C@@H](O)[C@H]1O. The predicted octanol–water partition coefficient (Wildman–Crippen LogP) is -7.62. The molecule has 0 saturated carbocycles. The molecule has 2 unspecified atom stereocenters. The van der Waals surface area contributed by atoms with Crippen LogP contribution in [0.25, 0.3) is 0 Å². The molecule has 17 heteroatoms. The Labute approximate surface area is 209 Å². The minimum Gasteiger partial charge on any atom is -0.394 e. The molecule has 0 bridgehead atoms. The van der Waals surface area contributed by atoms with E-state index in [1.165, 1.54) is 0 Å². The van der Waals surface area contributed by atoms with Crippen LogP contribution in [0.2, 0.25) is 0 Å². The Morgan fingerprint density at radius 2 is 1.24 bits per heavy atom. The largest absolute Gasteiger partial charge is 0.394 e. The van der Waals surface area contributed by atoms with Crippen LogP contribution < -0.4 is 0 Å². The molecular weight excluding hydrogens is 512 g/mol. The van der Waals surface area contributed by atoms with E-state index in [4.69, 9.17) is 23.7 Å². The summed E-state index contributed by atoms with van der Waals surface area (Å²) >= 11 is 0. The first kappa shape index (κ1) is 30.6. The van der Waals surface area contributed by atoms with Crippen molar-refractivity contribution in [3.8, 4) is 0 Å². The van der Waals surface area contributed by atoms with Gasteiger partial charge in [0.2, 0.25) is 0 Å². The lowest BCUT2D eigenvalue weighted by atomic mass is 9.93. The van der Waals surface area contributed by atoms with Crippen molar-refractivity contribution in [3.05, 3.63) is 0 Å². The van der Waals surface area contributed by atoms with E-state index >= 15 is 0 Å². The Morgan fingerprint density at radius 3 is 1.81 bits per heavy atom. The van der Waals surface area contributed by atoms with Gasteiger partial charge in [-0.05, 0) is 6.92 Å². The molecule has 0 aromatic rings.